The molecule has 0 radical (unpaired) electrons. The second-order valence-electron chi connectivity index (χ2n) is 6.33. The third kappa shape index (κ3) is 2.46. The molecule has 1 atom stereocenters. The van der Waals surface area contributed by atoms with E-state index in [-0.39, 0.29) is 24.3 Å². The van der Waals surface area contributed by atoms with Crippen LogP contribution in [0.3, 0.4) is 0 Å². The standard InChI is InChI=1S/C17H19N5O2/c1-10(16-21-20-14-7-2-3-8-22(14)16)18-17(24)11-5-4-6-13-12(11)9-15(23)19-13/h4-6,10H,2-3,7-9H2,1H3,(H,18,24)(H,19,23)/t10-/m0/s1. The maximum absolute atomic E-state index is 12.7. The largest absolute Gasteiger partial charge is 0.342 e. The molecular weight excluding hydrogens is 306 g/mol. The first-order valence-corrected chi connectivity index (χ1v) is 8.28. The molecule has 2 aliphatic rings. The van der Waals surface area contributed by atoms with E-state index in [1.54, 1.807) is 12.1 Å². The molecule has 0 saturated carbocycles. The monoisotopic (exact) mass is 325 g/mol. The Hall–Kier alpha value is -2.70. The minimum absolute atomic E-state index is 0.0789. The van der Waals surface area contributed by atoms with Gasteiger partial charge in [-0.05, 0) is 37.5 Å². The van der Waals surface area contributed by atoms with Crippen LogP contribution in [0.15, 0.2) is 18.2 Å². The fourth-order valence-electron chi connectivity index (χ4n) is 3.45. The van der Waals surface area contributed by atoms with Crippen molar-refractivity contribution in [1.29, 1.82) is 0 Å². The Morgan fingerprint density at radius 1 is 1.33 bits per heavy atom. The first kappa shape index (κ1) is 14.9. The lowest BCUT2D eigenvalue weighted by molar-refractivity contribution is -0.115. The SMILES string of the molecule is C[C@H](NC(=O)c1cccc2c1CC(=O)N2)c1nnc2n1CCCC2. The quantitative estimate of drug-likeness (QED) is 0.897. The van der Waals surface area contributed by atoms with Crippen LogP contribution in [0.1, 0.15) is 53.4 Å². The summed E-state index contributed by atoms with van der Waals surface area (Å²) in [5.74, 6) is 1.52. The maximum Gasteiger partial charge on any atom is 0.252 e. The van der Waals surface area contributed by atoms with E-state index in [2.05, 4.69) is 25.4 Å². The van der Waals surface area contributed by atoms with E-state index >= 15 is 0 Å². The van der Waals surface area contributed by atoms with Crippen LogP contribution in [0.2, 0.25) is 0 Å². The predicted molar refractivity (Wildman–Crippen MR) is 87.6 cm³/mol. The molecule has 0 fully saturated rings. The third-order valence-electron chi connectivity index (χ3n) is 4.66. The molecule has 2 aromatic rings. The molecule has 0 saturated heterocycles. The molecule has 7 nitrogen and oxygen atoms in total. The number of carbonyl (C=O) groups is 2. The van der Waals surface area contributed by atoms with Gasteiger partial charge in [-0.15, -0.1) is 10.2 Å². The zero-order valence-electron chi connectivity index (χ0n) is 13.5. The second kappa shape index (κ2) is 5.74. The van der Waals surface area contributed by atoms with Crippen molar-refractivity contribution < 1.29 is 9.59 Å². The highest BCUT2D eigenvalue weighted by Crippen LogP contribution is 2.27. The molecule has 1 aromatic carbocycles. The summed E-state index contributed by atoms with van der Waals surface area (Å²) in [4.78, 5) is 24.3. The minimum atomic E-state index is -0.238. The van der Waals surface area contributed by atoms with E-state index in [1.807, 2.05) is 13.0 Å². The van der Waals surface area contributed by atoms with Gasteiger partial charge in [0.05, 0.1) is 12.5 Å². The number of hydrogen-bond donors (Lipinski definition) is 2. The Labute approximate surface area is 139 Å². The topological polar surface area (TPSA) is 88.9 Å². The van der Waals surface area contributed by atoms with Gasteiger partial charge in [-0.3, -0.25) is 9.59 Å². The number of benzene rings is 1. The van der Waals surface area contributed by atoms with E-state index in [0.717, 1.165) is 48.7 Å². The first-order valence-electron chi connectivity index (χ1n) is 8.28. The molecular formula is C17H19N5O2. The molecule has 0 bridgehead atoms. The van der Waals surface area contributed by atoms with E-state index in [0.29, 0.717) is 5.56 Å². The molecule has 2 N–H and O–H groups in total. The Morgan fingerprint density at radius 3 is 3.08 bits per heavy atom. The van der Waals surface area contributed by atoms with E-state index in [1.165, 1.54) is 0 Å². The van der Waals surface area contributed by atoms with Crippen molar-refractivity contribution in [1.82, 2.24) is 20.1 Å². The van der Waals surface area contributed by atoms with Crippen LogP contribution in [-0.2, 0) is 24.2 Å². The molecule has 4 rings (SSSR count). The number of anilines is 1. The van der Waals surface area contributed by atoms with Crippen LogP contribution in [0.25, 0.3) is 0 Å². The summed E-state index contributed by atoms with van der Waals surface area (Å²) in [5.41, 5.74) is 2.02. The van der Waals surface area contributed by atoms with Crippen molar-refractivity contribution in [3.63, 3.8) is 0 Å². The normalized spacial score (nSPS) is 17.0. The average molecular weight is 325 g/mol. The molecule has 3 heterocycles. The number of fused-ring (bicyclic) bond motifs is 2. The number of nitrogens with zero attached hydrogens (tertiary/aromatic N) is 3. The van der Waals surface area contributed by atoms with Gasteiger partial charge in [-0.1, -0.05) is 6.07 Å². The zero-order valence-corrected chi connectivity index (χ0v) is 13.5. The van der Waals surface area contributed by atoms with E-state index in [9.17, 15) is 9.59 Å². The lowest BCUT2D eigenvalue weighted by atomic mass is 10.0. The predicted octanol–water partition coefficient (Wildman–Crippen LogP) is 1.60. The van der Waals surface area contributed by atoms with Crippen molar-refractivity contribution in [3.05, 3.63) is 41.0 Å². The van der Waals surface area contributed by atoms with Crippen LogP contribution in [0.4, 0.5) is 5.69 Å². The third-order valence-corrected chi connectivity index (χ3v) is 4.66. The number of nitrogens with one attached hydrogen (secondary N) is 2. The van der Waals surface area contributed by atoms with Gasteiger partial charge in [0.25, 0.3) is 5.91 Å². The highest BCUT2D eigenvalue weighted by Gasteiger charge is 2.26. The molecule has 0 unspecified atom stereocenters. The molecule has 2 amide bonds. The van der Waals surface area contributed by atoms with Crippen molar-refractivity contribution >= 4 is 17.5 Å². The number of carbonyl (C=O) groups excluding carboxylic acids is 2. The summed E-state index contributed by atoms with van der Waals surface area (Å²) in [5, 5.41) is 14.3. The highest BCUT2D eigenvalue weighted by molar-refractivity contribution is 6.05. The lowest BCUT2D eigenvalue weighted by Crippen LogP contribution is -2.30. The molecule has 0 spiro atoms. The minimum Gasteiger partial charge on any atom is -0.342 e. The molecule has 7 heteroatoms. The molecule has 0 aliphatic carbocycles. The number of aryl methyl sites for hydroxylation is 1. The number of aromatic nitrogens is 3. The Kier molecular flexibility index (Phi) is 3.55. The van der Waals surface area contributed by atoms with Gasteiger partial charge in [-0.25, -0.2) is 0 Å². The molecule has 1 aromatic heterocycles. The molecule has 24 heavy (non-hydrogen) atoms. The fourth-order valence-corrected chi connectivity index (χ4v) is 3.45. The smallest absolute Gasteiger partial charge is 0.252 e. The van der Waals surface area contributed by atoms with Gasteiger partial charge in [0.1, 0.15) is 5.82 Å². The number of amides is 2. The highest BCUT2D eigenvalue weighted by atomic mass is 16.2. The van der Waals surface area contributed by atoms with Gasteiger partial charge < -0.3 is 15.2 Å². The lowest BCUT2D eigenvalue weighted by Gasteiger charge is -2.19. The number of hydrogen-bond acceptors (Lipinski definition) is 4. The Bertz CT molecular complexity index is 826. The van der Waals surface area contributed by atoms with Crippen molar-refractivity contribution in [2.75, 3.05) is 5.32 Å². The summed E-state index contributed by atoms with van der Waals surface area (Å²) in [6.07, 6.45) is 3.43. The number of rotatable bonds is 3. The van der Waals surface area contributed by atoms with Crippen LogP contribution in [0, 0.1) is 0 Å². The first-order chi connectivity index (χ1) is 11.6. The van der Waals surface area contributed by atoms with Gasteiger partial charge in [0.2, 0.25) is 5.91 Å². The van der Waals surface area contributed by atoms with Gasteiger partial charge in [0.15, 0.2) is 5.82 Å². The van der Waals surface area contributed by atoms with E-state index < -0.39 is 0 Å². The summed E-state index contributed by atoms with van der Waals surface area (Å²) in [7, 11) is 0. The van der Waals surface area contributed by atoms with Crippen LogP contribution >= 0.6 is 0 Å². The van der Waals surface area contributed by atoms with Crippen LogP contribution in [0.5, 0.6) is 0 Å². The summed E-state index contributed by atoms with van der Waals surface area (Å²) in [6, 6.07) is 5.11. The van der Waals surface area contributed by atoms with E-state index in [4.69, 9.17) is 0 Å². The molecule has 2 aliphatic heterocycles. The Balaban J connectivity index is 1.56. The van der Waals surface area contributed by atoms with Crippen molar-refractivity contribution in [3.8, 4) is 0 Å². The van der Waals surface area contributed by atoms with Crippen molar-refractivity contribution in [2.45, 2.75) is 45.2 Å². The Morgan fingerprint density at radius 2 is 2.21 bits per heavy atom. The maximum atomic E-state index is 12.7. The summed E-state index contributed by atoms with van der Waals surface area (Å²) in [6.45, 7) is 2.81. The summed E-state index contributed by atoms with van der Waals surface area (Å²) < 4.78 is 2.11. The zero-order chi connectivity index (χ0) is 16.7. The van der Waals surface area contributed by atoms with Gasteiger partial charge in [-0.2, -0.15) is 0 Å². The van der Waals surface area contributed by atoms with Gasteiger partial charge >= 0.3 is 0 Å². The average Bonchev–Trinajstić information content (AvgIpc) is 3.16. The van der Waals surface area contributed by atoms with Crippen molar-refractivity contribution in [2.24, 2.45) is 0 Å². The second-order valence-corrected chi connectivity index (χ2v) is 6.33. The van der Waals surface area contributed by atoms with Gasteiger partial charge in [0, 0.05) is 24.2 Å². The van der Waals surface area contributed by atoms with Crippen LogP contribution in [-0.4, -0.2) is 26.6 Å². The summed E-state index contributed by atoms with van der Waals surface area (Å²) >= 11 is 0. The van der Waals surface area contributed by atoms with Crippen LogP contribution < -0.4 is 10.6 Å². The fraction of sp³-hybridized carbons (Fsp3) is 0.412. The molecule has 124 valence electrons.